The van der Waals surface area contributed by atoms with Gasteiger partial charge >= 0.3 is 18.0 Å². The number of hydrogen-bond donors (Lipinski definition) is 1. The number of hydrogen-bond acceptors (Lipinski definition) is 10. The molecule has 0 saturated carbocycles. The van der Waals surface area contributed by atoms with E-state index in [-0.39, 0.29) is 13.2 Å². The van der Waals surface area contributed by atoms with Crippen molar-refractivity contribution in [3.05, 3.63) is 35.9 Å². The van der Waals surface area contributed by atoms with Crippen LogP contribution in [0.5, 0.6) is 0 Å². The summed E-state index contributed by atoms with van der Waals surface area (Å²) >= 11 is 0. The Morgan fingerprint density at radius 1 is 1.09 bits per heavy atom. The van der Waals surface area contributed by atoms with E-state index < -0.39 is 60.6 Å². The van der Waals surface area contributed by atoms with Crippen LogP contribution >= 0.6 is 0 Å². The van der Waals surface area contributed by atoms with Crippen molar-refractivity contribution < 1.29 is 47.5 Å². The van der Waals surface area contributed by atoms with Crippen LogP contribution in [-0.4, -0.2) is 74.3 Å². The number of amides is 1. The second kappa shape index (κ2) is 11.1. The number of rotatable bonds is 9. The van der Waals surface area contributed by atoms with E-state index in [0.717, 1.165) is 5.56 Å². The van der Waals surface area contributed by atoms with Crippen molar-refractivity contribution >= 4 is 18.0 Å². The summed E-state index contributed by atoms with van der Waals surface area (Å²) in [5, 5.41) is 2.46. The van der Waals surface area contributed by atoms with Gasteiger partial charge in [-0.3, -0.25) is 4.79 Å². The number of carbonyl (C=O) groups is 3. The molecule has 2 heterocycles. The van der Waals surface area contributed by atoms with Crippen molar-refractivity contribution in [3.63, 3.8) is 0 Å². The maximum atomic E-state index is 12.9. The van der Waals surface area contributed by atoms with Gasteiger partial charge in [-0.15, -0.1) is 0 Å². The number of methoxy groups -OCH3 is 1. The summed E-state index contributed by atoms with van der Waals surface area (Å²) in [6.45, 7) is 6.24. The summed E-state index contributed by atoms with van der Waals surface area (Å²) < 4.78 is 39.0. The first-order valence-corrected chi connectivity index (χ1v) is 11.0. The molecular formula is C23H31NO10. The molecule has 2 fully saturated rings. The molecule has 0 aliphatic carbocycles. The van der Waals surface area contributed by atoms with E-state index in [0.29, 0.717) is 0 Å². The monoisotopic (exact) mass is 481 g/mol. The molecule has 0 radical (unpaired) electrons. The van der Waals surface area contributed by atoms with Crippen LogP contribution in [0.2, 0.25) is 0 Å². The Labute approximate surface area is 197 Å². The third kappa shape index (κ3) is 6.23. The van der Waals surface area contributed by atoms with Gasteiger partial charge in [-0.05, 0) is 26.3 Å². The highest BCUT2D eigenvalue weighted by molar-refractivity contribution is 5.82. The van der Waals surface area contributed by atoms with Gasteiger partial charge in [-0.2, -0.15) is 0 Å². The lowest BCUT2D eigenvalue weighted by atomic mass is 9.99. The molecule has 1 N–H and O–H groups in total. The Balaban J connectivity index is 1.83. The Morgan fingerprint density at radius 2 is 1.76 bits per heavy atom. The lowest BCUT2D eigenvalue weighted by molar-refractivity contribution is -0.240. The van der Waals surface area contributed by atoms with Gasteiger partial charge in [0.2, 0.25) is 0 Å². The molecule has 2 aliphatic heterocycles. The molecule has 2 aliphatic rings. The fraction of sp³-hybridized carbons (Fsp3) is 0.609. The molecule has 1 aromatic rings. The van der Waals surface area contributed by atoms with Gasteiger partial charge in [0.1, 0.15) is 24.9 Å². The lowest BCUT2D eigenvalue weighted by Gasteiger charge is -2.32. The molecule has 0 aromatic heterocycles. The van der Waals surface area contributed by atoms with Gasteiger partial charge in [-0.1, -0.05) is 30.3 Å². The first-order valence-electron chi connectivity index (χ1n) is 11.0. The molecule has 11 heteroatoms. The molecule has 2 saturated heterocycles. The normalized spacial score (nSPS) is 26.7. The number of alkyl carbamates (subject to hydrolysis) is 1. The van der Waals surface area contributed by atoms with Crippen LogP contribution < -0.4 is 5.32 Å². The minimum Gasteiger partial charge on any atom is -0.464 e. The molecule has 1 aromatic carbocycles. The molecule has 0 bridgehead atoms. The summed E-state index contributed by atoms with van der Waals surface area (Å²) in [6.07, 6.45) is -5.46. The Kier molecular flexibility index (Phi) is 8.47. The van der Waals surface area contributed by atoms with Crippen LogP contribution in [0.3, 0.4) is 0 Å². The smallest absolute Gasteiger partial charge is 0.408 e. The Bertz CT molecular complexity index is 861. The zero-order chi connectivity index (χ0) is 24.9. The van der Waals surface area contributed by atoms with Gasteiger partial charge in [0.05, 0.1) is 6.61 Å². The first kappa shape index (κ1) is 25.9. The molecule has 3 rings (SSSR count). The molecule has 6 atom stereocenters. The summed E-state index contributed by atoms with van der Waals surface area (Å²) in [4.78, 5) is 37.4. The standard InChI is InChI=1S/C23H31NO10/c1-6-29-20(26)15(24-22(27)30-12-14-10-8-7-9-11-14)16(31-13(2)25)17-18-19(21(28-5)32-17)34-23(3,4)33-18/h7-11,15-19,21H,6,12H2,1-5H3,(H,24,27)/t15?,16?,17-,18-,19-,21-/m1/s1. The van der Waals surface area contributed by atoms with Crippen molar-refractivity contribution in [2.24, 2.45) is 0 Å². The predicted octanol–water partition coefficient (Wildman–Crippen LogP) is 1.67. The third-order valence-electron chi connectivity index (χ3n) is 5.26. The number of carbonyl (C=O) groups excluding carboxylic acids is 3. The predicted molar refractivity (Wildman–Crippen MR) is 115 cm³/mol. The van der Waals surface area contributed by atoms with E-state index in [1.54, 1.807) is 45.0 Å². The van der Waals surface area contributed by atoms with Crippen LogP contribution in [0.1, 0.15) is 33.3 Å². The molecule has 2 unspecified atom stereocenters. The highest BCUT2D eigenvalue weighted by atomic mass is 16.8. The minimum absolute atomic E-state index is 0.0258. The number of esters is 2. The van der Waals surface area contributed by atoms with Crippen molar-refractivity contribution in [2.75, 3.05) is 13.7 Å². The van der Waals surface area contributed by atoms with E-state index in [1.807, 2.05) is 6.07 Å². The van der Waals surface area contributed by atoms with Crippen molar-refractivity contribution in [1.82, 2.24) is 5.32 Å². The molecular weight excluding hydrogens is 450 g/mol. The largest absolute Gasteiger partial charge is 0.464 e. The van der Waals surface area contributed by atoms with Gasteiger partial charge in [-0.25, -0.2) is 9.59 Å². The van der Waals surface area contributed by atoms with E-state index in [9.17, 15) is 14.4 Å². The molecule has 1 amide bonds. The van der Waals surface area contributed by atoms with Gasteiger partial charge in [0, 0.05) is 14.0 Å². The summed E-state index contributed by atoms with van der Waals surface area (Å²) in [5.41, 5.74) is 0.755. The van der Waals surface area contributed by atoms with E-state index in [4.69, 9.17) is 33.2 Å². The number of ether oxygens (including phenoxy) is 7. The highest BCUT2D eigenvalue weighted by Gasteiger charge is 2.60. The second-order valence-electron chi connectivity index (χ2n) is 8.28. The molecule has 11 nitrogen and oxygen atoms in total. The van der Waals surface area contributed by atoms with Crippen molar-refractivity contribution in [1.29, 1.82) is 0 Å². The van der Waals surface area contributed by atoms with Crippen LogP contribution in [0.15, 0.2) is 30.3 Å². The zero-order valence-electron chi connectivity index (χ0n) is 19.8. The maximum absolute atomic E-state index is 12.9. The summed E-state index contributed by atoms with van der Waals surface area (Å²) in [7, 11) is 1.43. The van der Waals surface area contributed by atoms with Crippen LogP contribution in [0.4, 0.5) is 4.79 Å². The van der Waals surface area contributed by atoms with Crippen LogP contribution in [0, 0.1) is 0 Å². The van der Waals surface area contributed by atoms with Crippen LogP contribution in [0.25, 0.3) is 0 Å². The second-order valence-corrected chi connectivity index (χ2v) is 8.28. The third-order valence-corrected chi connectivity index (χ3v) is 5.26. The summed E-state index contributed by atoms with van der Waals surface area (Å²) in [6, 6.07) is 7.58. The average Bonchev–Trinajstić information content (AvgIpc) is 3.28. The van der Waals surface area contributed by atoms with E-state index in [1.165, 1.54) is 14.0 Å². The fourth-order valence-corrected chi connectivity index (χ4v) is 3.96. The van der Waals surface area contributed by atoms with Crippen molar-refractivity contribution in [2.45, 2.75) is 76.8 Å². The first-order chi connectivity index (χ1) is 16.1. The maximum Gasteiger partial charge on any atom is 0.408 e. The summed E-state index contributed by atoms with van der Waals surface area (Å²) in [5.74, 6) is -2.49. The van der Waals surface area contributed by atoms with E-state index in [2.05, 4.69) is 5.32 Å². The lowest BCUT2D eigenvalue weighted by Crippen LogP contribution is -2.57. The minimum atomic E-state index is -1.44. The quantitative estimate of drug-likeness (QED) is 0.411. The number of fused-ring (bicyclic) bond motifs is 1. The highest BCUT2D eigenvalue weighted by Crippen LogP contribution is 2.41. The van der Waals surface area contributed by atoms with Gasteiger partial charge in [0.15, 0.2) is 24.2 Å². The molecule has 188 valence electrons. The topological polar surface area (TPSA) is 128 Å². The number of nitrogens with one attached hydrogen (secondary N) is 1. The zero-order valence-corrected chi connectivity index (χ0v) is 19.8. The Hall–Kier alpha value is -2.73. The average molecular weight is 481 g/mol. The fourth-order valence-electron chi connectivity index (χ4n) is 3.96. The van der Waals surface area contributed by atoms with Crippen LogP contribution in [-0.2, 0) is 49.4 Å². The van der Waals surface area contributed by atoms with Gasteiger partial charge < -0.3 is 38.5 Å². The molecule has 34 heavy (non-hydrogen) atoms. The number of benzene rings is 1. The van der Waals surface area contributed by atoms with Crippen molar-refractivity contribution in [3.8, 4) is 0 Å². The van der Waals surface area contributed by atoms with Gasteiger partial charge in [0.25, 0.3) is 0 Å². The van der Waals surface area contributed by atoms with E-state index >= 15 is 0 Å². The SMILES string of the molecule is CCOC(=O)C(NC(=O)OCc1ccccc1)C(OC(C)=O)[C@H]1O[C@@H](OC)[C@@H]2OC(C)(C)O[C@@H]21. The molecule has 0 spiro atoms. The Morgan fingerprint density at radius 3 is 2.38 bits per heavy atom.